The van der Waals surface area contributed by atoms with Crippen molar-refractivity contribution in [2.24, 2.45) is 10.2 Å². The fraction of sp³-hybridized carbons (Fsp3) is 0.167. The summed E-state index contributed by atoms with van der Waals surface area (Å²) in [6.07, 6.45) is 0. The average Bonchev–Trinajstić information content (AvgIpc) is 3.10. The maximum absolute atomic E-state index is 12.6. The molecule has 1 aromatic heterocycles. The second kappa shape index (κ2) is 16.2. The van der Waals surface area contributed by atoms with Crippen LogP contribution < -0.4 is 15.0 Å². The van der Waals surface area contributed by atoms with E-state index >= 15 is 0 Å². The van der Waals surface area contributed by atoms with Gasteiger partial charge in [0.05, 0.1) is 24.4 Å². The molecule has 0 spiro atoms. The van der Waals surface area contributed by atoms with Gasteiger partial charge in [-0.25, -0.2) is 12.6 Å². The van der Waals surface area contributed by atoms with Crippen molar-refractivity contribution in [2.75, 3.05) is 36.2 Å². The molecule has 0 fully saturated rings. The number of phenols is 1. The van der Waals surface area contributed by atoms with Crippen molar-refractivity contribution in [1.82, 2.24) is 15.0 Å². The topological polar surface area (TPSA) is 315 Å². The summed E-state index contributed by atoms with van der Waals surface area (Å²) in [5.74, 6) is -1.54. The van der Waals surface area contributed by atoms with Gasteiger partial charge < -0.3 is 20.1 Å². The van der Waals surface area contributed by atoms with Crippen LogP contribution in [0.15, 0.2) is 91.6 Å². The van der Waals surface area contributed by atoms with E-state index in [4.69, 9.17) is 20.9 Å². The summed E-state index contributed by atoms with van der Waals surface area (Å²) in [5, 5.41) is 21.2. The Bertz CT molecular complexity index is 2810. The average molecular weight is 874 g/mol. The summed E-state index contributed by atoms with van der Waals surface area (Å²) in [5.41, 5.74) is -0.546. The van der Waals surface area contributed by atoms with Crippen LogP contribution >= 0.6 is 11.6 Å². The Kier molecular flexibility index (Phi) is 12.1. The minimum Gasteiger partial charge on any atom is -0.505 e. The van der Waals surface area contributed by atoms with Crippen LogP contribution in [-0.2, 0) is 44.7 Å². The molecule has 5 N–H and O–H groups in total. The summed E-state index contributed by atoms with van der Waals surface area (Å²) < 4.78 is 133. The van der Waals surface area contributed by atoms with Gasteiger partial charge in [0.1, 0.15) is 26.9 Å². The molecule has 0 atom stereocenters. The monoisotopic (exact) mass is 873 g/mol. The molecule has 0 radical (unpaired) electrons. The third-order valence-electron chi connectivity index (χ3n) is 7.53. The van der Waals surface area contributed by atoms with Crippen LogP contribution in [0.3, 0.4) is 0 Å². The second-order valence-corrected chi connectivity index (χ2v) is 17.5. The number of fused-ring (bicyclic) bond motifs is 1. The zero-order valence-electron chi connectivity index (χ0n) is 28.5. The van der Waals surface area contributed by atoms with Crippen LogP contribution in [0.2, 0.25) is 5.28 Å². The highest BCUT2D eigenvalue weighted by molar-refractivity contribution is 7.91. The summed E-state index contributed by atoms with van der Waals surface area (Å²) in [4.78, 5) is 12.3. The van der Waals surface area contributed by atoms with E-state index < -0.39 is 79.7 Å². The largest absolute Gasteiger partial charge is 0.505 e. The molecule has 21 nitrogen and oxygen atoms in total. The highest BCUT2D eigenvalue weighted by atomic mass is 35.5. The summed E-state index contributed by atoms with van der Waals surface area (Å²) in [6, 6.07) is 13.8. The lowest BCUT2D eigenvalue weighted by Crippen LogP contribution is -2.20. The number of halogens is 1. The van der Waals surface area contributed by atoms with Crippen molar-refractivity contribution in [2.45, 2.75) is 21.6 Å². The van der Waals surface area contributed by atoms with Crippen LogP contribution in [-0.4, -0.2) is 93.4 Å². The second-order valence-electron chi connectivity index (χ2n) is 11.2. The Balaban J connectivity index is 1.45. The van der Waals surface area contributed by atoms with E-state index in [2.05, 4.69) is 34.7 Å². The number of nitrogens with zero attached hydrogens (tertiary/aromatic N) is 6. The number of aromatic hydroxyl groups is 1. The van der Waals surface area contributed by atoms with E-state index in [1.807, 2.05) is 0 Å². The van der Waals surface area contributed by atoms with Crippen LogP contribution in [0.1, 0.15) is 6.92 Å². The highest BCUT2D eigenvalue weighted by Crippen LogP contribution is 2.43. The number of hydrogen-bond acceptors (Lipinski definition) is 18. The van der Waals surface area contributed by atoms with Crippen LogP contribution in [0.4, 0.5) is 34.6 Å². The van der Waals surface area contributed by atoms with Crippen LogP contribution in [0, 0.1) is 0 Å². The number of hydrogen-bond donors (Lipinski definition) is 5. The number of nitrogens with one attached hydrogen (secondary N) is 1. The molecule has 5 rings (SSSR count). The van der Waals surface area contributed by atoms with Crippen LogP contribution in [0.25, 0.3) is 10.8 Å². The van der Waals surface area contributed by atoms with Gasteiger partial charge in [-0.3, -0.25) is 13.7 Å². The van der Waals surface area contributed by atoms with E-state index in [0.29, 0.717) is 5.69 Å². The minimum absolute atomic E-state index is 0.0169. The van der Waals surface area contributed by atoms with E-state index in [9.17, 15) is 47.9 Å². The van der Waals surface area contributed by atoms with Crippen molar-refractivity contribution in [3.8, 4) is 11.5 Å². The molecule has 26 heteroatoms. The lowest BCUT2D eigenvalue weighted by atomic mass is 10.1. The van der Waals surface area contributed by atoms with Gasteiger partial charge in [-0.15, -0.1) is 10.2 Å². The molecule has 56 heavy (non-hydrogen) atoms. The molecule has 1 heterocycles. The van der Waals surface area contributed by atoms with Crippen molar-refractivity contribution < 1.29 is 61.4 Å². The smallest absolute Gasteiger partial charge is 0.397 e. The summed E-state index contributed by atoms with van der Waals surface area (Å²) >= 11 is 6.22. The number of sulfone groups is 1. The first-order valence-electron chi connectivity index (χ1n) is 15.3. The molecule has 0 amide bonds. The SMILES string of the molecule is CCN(c1ccc(S(=O)(=O)CCOS(=O)(=O)O)cc1)c1nc(Cl)nc(Nc2ccc3c(O)c(N=Nc4ccc(OC)cc4S(=O)(=O)O)c(S(=O)(=O)O)cc3c2)n1. The number of ether oxygens (including phenoxy) is 1. The molecule has 298 valence electrons. The van der Waals surface area contributed by atoms with Gasteiger partial charge in [-0.2, -0.15) is 40.2 Å². The Morgan fingerprint density at radius 3 is 2.11 bits per heavy atom. The van der Waals surface area contributed by atoms with E-state index in [-0.39, 0.29) is 50.8 Å². The van der Waals surface area contributed by atoms with Gasteiger partial charge in [0.2, 0.25) is 17.2 Å². The molecule has 0 aliphatic rings. The summed E-state index contributed by atoms with van der Waals surface area (Å²) in [6.45, 7) is 1.18. The van der Waals surface area contributed by atoms with Crippen molar-refractivity contribution in [3.05, 3.63) is 72.0 Å². The van der Waals surface area contributed by atoms with Gasteiger partial charge in [-0.1, -0.05) is 0 Å². The number of phenolic OH excluding ortho intramolecular Hbond substituents is 1. The molecule has 0 unspecified atom stereocenters. The zero-order valence-corrected chi connectivity index (χ0v) is 32.6. The van der Waals surface area contributed by atoms with E-state index in [1.165, 1.54) is 55.6 Å². The Morgan fingerprint density at radius 2 is 1.50 bits per heavy atom. The molecule has 0 aliphatic heterocycles. The number of anilines is 4. The van der Waals surface area contributed by atoms with Gasteiger partial charge in [0, 0.05) is 29.4 Å². The van der Waals surface area contributed by atoms with Crippen LogP contribution in [0.5, 0.6) is 11.5 Å². The van der Waals surface area contributed by atoms with Gasteiger partial charge in [0.15, 0.2) is 15.6 Å². The van der Waals surface area contributed by atoms with Crippen molar-refractivity contribution in [3.63, 3.8) is 0 Å². The molecular weight excluding hydrogens is 846 g/mol. The van der Waals surface area contributed by atoms with Gasteiger partial charge in [0.25, 0.3) is 20.2 Å². The number of rotatable bonds is 15. The molecule has 0 aliphatic carbocycles. The van der Waals surface area contributed by atoms with Gasteiger partial charge >= 0.3 is 10.4 Å². The lowest BCUT2D eigenvalue weighted by molar-refractivity contribution is 0.284. The Morgan fingerprint density at radius 1 is 0.821 bits per heavy atom. The molecule has 5 aromatic rings. The maximum atomic E-state index is 12.6. The molecule has 4 aromatic carbocycles. The first-order chi connectivity index (χ1) is 26.1. The first kappa shape index (κ1) is 42.0. The number of methoxy groups -OCH3 is 1. The minimum atomic E-state index is -5.09. The maximum Gasteiger partial charge on any atom is 0.397 e. The normalized spacial score (nSPS) is 12.6. The molecule has 0 saturated heterocycles. The number of azo groups is 1. The Hall–Kier alpha value is -5.12. The van der Waals surface area contributed by atoms with E-state index in [1.54, 1.807) is 11.8 Å². The molecular formula is C30H28ClN7O14S4. The summed E-state index contributed by atoms with van der Waals surface area (Å²) in [7, 11) is -17.5. The van der Waals surface area contributed by atoms with Crippen molar-refractivity contribution >= 4 is 97.5 Å². The lowest BCUT2D eigenvalue weighted by Gasteiger charge is -2.21. The molecule has 0 saturated carbocycles. The first-order valence-corrected chi connectivity index (χ1v) is 21.6. The predicted octanol–water partition coefficient (Wildman–Crippen LogP) is 4.80. The zero-order chi connectivity index (χ0) is 41.2. The number of aromatic nitrogens is 3. The third-order valence-corrected chi connectivity index (χ3v) is 11.6. The van der Waals surface area contributed by atoms with Gasteiger partial charge in [-0.05, 0) is 84.6 Å². The fourth-order valence-electron chi connectivity index (χ4n) is 5.02. The fourth-order valence-corrected chi connectivity index (χ4v) is 7.96. The molecule has 0 bridgehead atoms. The Labute approximate surface area is 324 Å². The highest BCUT2D eigenvalue weighted by Gasteiger charge is 2.24. The van der Waals surface area contributed by atoms with Crippen molar-refractivity contribution in [1.29, 1.82) is 0 Å². The quantitative estimate of drug-likeness (QED) is 0.0697. The number of benzene rings is 4. The standard InChI is InChI=1S/C30H28ClN7O14S4/c1-3-38(19-5-8-21(9-6-19)53(40,41)13-12-52-56(48,49)50)30-34-28(31)33-29(35-30)32-18-4-10-22-17(14-18)15-25(55(45,46)47)26(27(22)39)37-36-23-11-7-20(51-2)16-24(23)54(42,43)44/h4-11,14-16,39H,3,12-13H2,1-2H3,(H,42,43,44)(H,45,46,47)(H,48,49,50)(H,32,33,34,35). The predicted molar refractivity (Wildman–Crippen MR) is 199 cm³/mol. The van der Waals surface area contributed by atoms with E-state index in [0.717, 1.165) is 18.2 Å². The third kappa shape index (κ3) is 10.00.